The average Bonchev–Trinajstić information content (AvgIpc) is 2.80. The molecule has 11 atom stereocenters. The third kappa shape index (κ3) is 2.96. The molecule has 5 N–H and O–H groups in total. The summed E-state index contributed by atoms with van der Waals surface area (Å²) in [7, 11) is 0. The van der Waals surface area contributed by atoms with Crippen LogP contribution in [0.4, 0.5) is 0 Å². The lowest BCUT2D eigenvalue weighted by molar-refractivity contribution is -0.245. The van der Waals surface area contributed by atoms with Gasteiger partial charge in [0.25, 0.3) is 0 Å². The van der Waals surface area contributed by atoms with Crippen LogP contribution < -0.4 is 0 Å². The van der Waals surface area contributed by atoms with E-state index in [1.54, 1.807) is 0 Å². The van der Waals surface area contributed by atoms with E-state index in [4.69, 9.17) is 0 Å². The van der Waals surface area contributed by atoms with Crippen LogP contribution in [0, 0.1) is 50.2 Å². The summed E-state index contributed by atoms with van der Waals surface area (Å²) in [5.41, 5.74) is -1.50. The van der Waals surface area contributed by atoms with Gasteiger partial charge >= 0.3 is 5.97 Å². The van der Waals surface area contributed by atoms with Gasteiger partial charge in [0.15, 0.2) is 0 Å². The molecule has 0 aromatic heterocycles. The van der Waals surface area contributed by atoms with Gasteiger partial charge in [-0.25, -0.2) is 0 Å². The molecule has 0 aliphatic heterocycles. The molecule has 4 saturated carbocycles. The van der Waals surface area contributed by atoms with Crippen LogP contribution in [0.25, 0.3) is 0 Å². The van der Waals surface area contributed by atoms with Crippen LogP contribution in [-0.4, -0.2) is 56.4 Å². The van der Waals surface area contributed by atoms with Crippen LogP contribution in [0.3, 0.4) is 0 Å². The number of fused-ring (bicyclic) bond motifs is 7. The molecule has 0 radical (unpaired) electrons. The third-order valence-electron chi connectivity index (χ3n) is 13.4. The summed E-state index contributed by atoms with van der Waals surface area (Å²) in [6.07, 6.45) is 5.48. The van der Waals surface area contributed by atoms with Gasteiger partial charge in [0, 0.05) is 11.3 Å². The van der Waals surface area contributed by atoms with Crippen molar-refractivity contribution in [2.24, 2.45) is 50.2 Å². The Hall–Kier alpha value is -0.950. The fourth-order valence-electron chi connectivity index (χ4n) is 10.8. The van der Waals surface area contributed by atoms with E-state index < -0.39 is 35.1 Å². The van der Waals surface area contributed by atoms with Gasteiger partial charge in [0.1, 0.15) is 0 Å². The number of hydrogen-bond donors (Lipinski definition) is 5. The second-order valence-electron chi connectivity index (χ2n) is 15.0. The minimum Gasteiger partial charge on any atom is -0.481 e. The lowest BCUT2D eigenvalue weighted by Crippen LogP contribution is -2.69. The van der Waals surface area contributed by atoms with Crippen molar-refractivity contribution in [3.8, 4) is 0 Å². The molecular weight excluding hydrogens is 456 g/mol. The quantitative estimate of drug-likeness (QED) is 0.361. The maximum Gasteiger partial charge on any atom is 0.310 e. The zero-order valence-corrected chi connectivity index (χ0v) is 23.0. The number of carbonyl (C=O) groups is 1. The number of carboxylic acid groups (broad SMARTS) is 1. The molecule has 204 valence electrons. The minimum atomic E-state index is -0.944. The summed E-state index contributed by atoms with van der Waals surface area (Å²) in [6.45, 7) is 12.9. The molecule has 4 fully saturated rings. The van der Waals surface area contributed by atoms with E-state index in [9.17, 15) is 30.3 Å². The van der Waals surface area contributed by atoms with E-state index in [-0.39, 0.29) is 46.0 Å². The standard InChI is InChI=1S/C30H48O6/c1-25(2)11-13-30(24(35)36)14-12-28(5)17(21(30)23(25)34)7-8-20-26(3)15-18(32)22(33)27(4,16-31)19(26)9-10-29(20,28)6/h7,18-23,31-34H,8-16H2,1-6H3,(H,35,36)/t18-,19+,20-,21-,22+,23+,26+,27-,28-,29-,30+/m1/s1. The fourth-order valence-corrected chi connectivity index (χ4v) is 10.8. The van der Waals surface area contributed by atoms with Crippen molar-refractivity contribution in [2.45, 2.75) is 111 Å². The van der Waals surface area contributed by atoms with Gasteiger partial charge < -0.3 is 25.5 Å². The normalized spacial score (nSPS) is 55.9. The molecule has 5 aliphatic rings. The summed E-state index contributed by atoms with van der Waals surface area (Å²) < 4.78 is 0. The molecule has 0 aromatic carbocycles. The van der Waals surface area contributed by atoms with E-state index >= 15 is 0 Å². The van der Waals surface area contributed by atoms with E-state index in [0.717, 1.165) is 31.3 Å². The van der Waals surface area contributed by atoms with Gasteiger partial charge in [0.2, 0.25) is 0 Å². The molecule has 0 bridgehead atoms. The molecule has 0 spiro atoms. The first kappa shape index (κ1) is 26.6. The van der Waals surface area contributed by atoms with Gasteiger partial charge in [-0.2, -0.15) is 0 Å². The number of carboxylic acids is 1. The van der Waals surface area contributed by atoms with Crippen LogP contribution in [-0.2, 0) is 4.79 Å². The van der Waals surface area contributed by atoms with Crippen molar-refractivity contribution in [1.82, 2.24) is 0 Å². The van der Waals surface area contributed by atoms with Crippen LogP contribution in [0.2, 0.25) is 0 Å². The molecule has 0 aromatic rings. The zero-order valence-electron chi connectivity index (χ0n) is 23.0. The van der Waals surface area contributed by atoms with Crippen LogP contribution in [0.15, 0.2) is 11.6 Å². The van der Waals surface area contributed by atoms with Crippen molar-refractivity contribution in [1.29, 1.82) is 0 Å². The second-order valence-corrected chi connectivity index (χ2v) is 15.0. The van der Waals surface area contributed by atoms with E-state index in [0.29, 0.717) is 25.7 Å². The maximum atomic E-state index is 12.8. The summed E-state index contributed by atoms with van der Waals surface area (Å²) in [4.78, 5) is 12.8. The third-order valence-corrected chi connectivity index (χ3v) is 13.4. The fraction of sp³-hybridized carbons (Fsp3) is 0.900. The lowest BCUT2D eigenvalue weighted by atomic mass is 9.33. The van der Waals surface area contributed by atoms with Gasteiger partial charge in [-0.3, -0.25) is 4.79 Å². The average molecular weight is 505 g/mol. The van der Waals surface area contributed by atoms with Gasteiger partial charge in [-0.1, -0.05) is 53.2 Å². The van der Waals surface area contributed by atoms with Crippen LogP contribution in [0.1, 0.15) is 92.9 Å². The Morgan fingerprint density at radius 1 is 0.917 bits per heavy atom. The van der Waals surface area contributed by atoms with Crippen molar-refractivity contribution in [2.75, 3.05) is 6.61 Å². The first-order chi connectivity index (χ1) is 16.5. The van der Waals surface area contributed by atoms with Crippen LogP contribution >= 0.6 is 0 Å². The highest BCUT2D eigenvalue weighted by atomic mass is 16.4. The van der Waals surface area contributed by atoms with Crippen molar-refractivity contribution < 1.29 is 30.3 Å². The number of hydrogen-bond acceptors (Lipinski definition) is 5. The highest BCUT2D eigenvalue weighted by Gasteiger charge is 2.71. The Balaban J connectivity index is 1.63. The Kier molecular flexibility index (Phi) is 5.77. The largest absolute Gasteiger partial charge is 0.481 e. The topological polar surface area (TPSA) is 118 Å². The lowest BCUT2D eigenvalue weighted by Gasteiger charge is -2.71. The zero-order chi connectivity index (χ0) is 26.7. The van der Waals surface area contributed by atoms with Gasteiger partial charge in [-0.05, 0) is 84.9 Å². The molecule has 6 heteroatoms. The SMILES string of the molecule is CC1(C)CC[C@]2(C(=O)O)CC[C@]3(C)C(=CC[C@@H]4[C@@]5(C)C[C@@H](O)[C@H](O)[C@](C)(CO)[C@H]5CC[C@]43C)[C@@H]2[C@@H]1O. The van der Waals surface area contributed by atoms with Crippen LogP contribution in [0.5, 0.6) is 0 Å². The Morgan fingerprint density at radius 2 is 1.56 bits per heavy atom. The number of aliphatic carboxylic acids is 1. The molecule has 5 rings (SSSR count). The molecule has 36 heavy (non-hydrogen) atoms. The smallest absolute Gasteiger partial charge is 0.310 e. The minimum absolute atomic E-state index is 0.0888. The Labute approximate surface area is 216 Å². The number of aliphatic hydroxyl groups is 4. The molecule has 0 amide bonds. The number of rotatable bonds is 2. The van der Waals surface area contributed by atoms with E-state index in [1.165, 1.54) is 0 Å². The summed E-state index contributed by atoms with van der Waals surface area (Å²) in [5, 5.41) is 54.5. The predicted octanol–water partition coefficient (Wildman–Crippen LogP) is 4.15. The number of aliphatic hydroxyl groups excluding tert-OH is 4. The molecule has 0 unspecified atom stereocenters. The number of allylic oxidation sites excluding steroid dienone is 1. The molecule has 0 heterocycles. The molecule has 6 nitrogen and oxygen atoms in total. The van der Waals surface area contributed by atoms with Crippen molar-refractivity contribution >= 4 is 5.97 Å². The van der Waals surface area contributed by atoms with Crippen molar-refractivity contribution in [3.63, 3.8) is 0 Å². The Bertz CT molecular complexity index is 974. The molecular formula is C30H48O6. The van der Waals surface area contributed by atoms with E-state index in [1.807, 2.05) is 6.92 Å². The first-order valence-electron chi connectivity index (χ1n) is 14.1. The van der Waals surface area contributed by atoms with Crippen molar-refractivity contribution in [3.05, 3.63) is 11.6 Å². The Morgan fingerprint density at radius 3 is 2.17 bits per heavy atom. The summed E-state index contributed by atoms with van der Waals surface area (Å²) in [5.74, 6) is -0.833. The molecule has 0 saturated heterocycles. The van der Waals surface area contributed by atoms with Gasteiger partial charge in [-0.15, -0.1) is 0 Å². The summed E-state index contributed by atoms with van der Waals surface area (Å²) in [6, 6.07) is 0. The first-order valence-corrected chi connectivity index (χ1v) is 14.1. The highest BCUT2D eigenvalue weighted by molar-refractivity contribution is 5.77. The predicted molar refractivity (Wildman–Crippen MR) is 137 cm³/mol. The second kappa shape index (κ2) is 7.80. The summed E-state index contributed by atoms with van der Waals surface area (Å²) >= 11 is 0. The highest BCUT2D eigenvalue weighted by Crippen LogP contribution is 2.75. The maximum absolute atomic E-state index is 12.8. The van der Waals surface area contributed by atoms with Gasteiger partial charge in [0.05, 0.1) is 30.3 Å². The molecule has 5 aliphatic carbocycles. The monoisotopic (exact) mass is 504 g/mol. The van der Waals surface area contributed by atoms with E-state index in [2.05, 4.69) is 40.7 Å².